The van der Waals surface area contributed by atoms with Crippen molar-refractivity contribution in [3.05, 3.63) is 47.2 Å². The van der Waals surface area contributed by atoms with Crippen LogP contribution in [0.1, 0.15) is 23.8 Å². The van der Waals surface area contributed by atoms with E-state index in [4.69, 9.17) is 16.3 Å². The zero-order valence-electron chi connectivity index (χ0n) is 12.4. The van der Waals surface area contributed by atoms with Gasteiger partial charge in [-0.25, -0.2) is 0 Å². The number of nitrogens with zero attached hydrogens (tertiary/aromatic N) is 3. The Hall–Kier alpha value is -2.01. The lowest BCUT2D eigenvalue weighted by atomic mass is 10.3. The predicted octanol–water partition coefficient (Wildman–Crippen LogP) is 2.85. The first-order valence-corrected chi connectivity index (χ1v) is 7.79. The van der Waals surface area contributed by atoms with Crippen molar-refractivity contribution in [1.29, 1.82) is 0 Å². The van der Waals surface area contributed by atoms with Crippen LogP contribution in [0.5, 0.6) is 5.75 Å². The van der Waals surface area contributed by atoms with Crippen LogP contribution < -0.4 is 4.74 Å². The van der Waals surface area contributed by atoms with Crippen molar-refractivity contribution in [2.75, 3.05) is 13.1 Å². The van der Waals surface area contributed by atoms with Crippen LogP contribution in [0.15, 0.2) is 36.5 Å². The van der Waals surface area contributed by atoms with Gasteiger partial charge in [-0.3, -0.25) is 9.48 Å². The van der Waals surface area contributed by atoms with Gasteiger partial charge >= 0.3 is 0 Å². The number of hydrogen-bond donors (Lipinski definition) is 0. The molecule has 1 atom stereocenters. The Morgan fingerprint density at radius 2 is 2.18 bits per heavy atom. The van der Waals surface area contributed by atoms with Gasteiger partial charge in [0.1, 0.15) is 11.9 Å². The molecule has 2 heterocycles. The number of carbonyl (C=O) groups is 1. The monoisotopic (exact) mass is 319 g/mol. The van der Waals surface area contributed by atoms with Crippen molar-refractivity contribution >= 4 is 17.5 Å². The van der Waals surface area contributed by atoms with E-state index in [0.717, 1.165) is 12.2 Å². The molecule has 1 saturated heterocycles. The minimum Gasteiger partial charge on any atom is -0.489 e. The summed E-state index contributed by atoms with van der Waals surface area (Å²) in [6, 6.07) is 9.66. The van der Waals surface area contributed by atoms with Crippen LogP contribution in [-0.4, -0.2) is 39.8 Å². The fourth-order valence-electron chi connectivity index (χ4n) is 2.55. The van der Waals surface area contributed by atoms with Crippen molar-refractivity contribution in [2.24, 2.45) is 0 Å². The molecule has 22 heavy (non-hydrogen) atoms. The highest BCUT2D eigenvalue weighted by atomic mass is 35.5. The van der Waals surface area contributed by atoms with E-state index < -0.39 is 0 Å². The third-order valence-electron chi connectivity index (χ3n) is 3.72. The number of aromatic nitrogens is 2. The third-order valence-corrected chi connectivity index (χ3v) is 4.00. The van der Waals surface area contributed by atoms with Crippen LogP contribution in [0.2, 0.25) is 5.02 Å². The summed E-state index contributed by atoms with van der Waals surface area (Å²) in [5.41, 5.74) is 0.323. The van der Waals surface area contributed by atoms with Gasteiger partial charge in [0.2, 0.25) is 0 Å². The van der Waals surface area contributed by atoms with E-state index >= 15 is 0 Å². The van der Waals surface area contributed by atoms with Crippen molar-refractivity contribution < 1.29 is 9.53 Å². The highest BCUT2D eigenvalue weighted by Crippen LogP contribution is 2.22. The van der Waals surface area contributed by atoms with E-state index in [2.05, 4.69) is 5.10 Å². The molecule has 1 fully saturated rings. The maximum Gasteiger partial charge on any atom is 0.276 e. The minimum atomic E-state index is -0.128. The average molecular weight is 320 g/mol. The number of likely N-dealkylation sites (tertiary alicyclic amines) is 1. The normalized spacial score (nSPS) is 17.7. The number of rotatable bonds is 4. The van der Waals surface area contributed by atoms with Gasteiger partial charge in [-0.2, -0.15) is 5.10 Å². The molecule has 0 aliphatic carbocycles. The van der Waals surface area contributed by atoms with Crippen molar-refractivity contribution in [2.45, 2.75) is 26.0 Å². The fraction of sp³-hybridized carbons (Fsp3) is 0.375. The van der Waals surface area contributed by atoms with Crippen LogP contribution in [-0.2, 0) is 6.54 Å². The first-order chi connectivity index (χ1) is 10.7. The van der Waals surface area contributed by atoms with Gasteiger partial charge in [0.05, 0.1) is 11.6 Å². The van der Waals surface area contributed by atoms with Crippen LogP contribution in [0, 0.1) is 0 Å². The molecule has 6 heteroatoms. The van der Waals surface area contributed by atoms with Gasteiger partial charge in [-0.05, 0) is 19.1 Å². The molecule has 0 bridgehead atoms. The predicted molar refractivity (Wildman–Crippen MR) is 84.3 cm³/mol. The SMILES string of the molecule is CCn1cc(Cl)c(C(=O)N2CC[C@H](Oc3ccccc3)C2)n1. The molecule has 5 nitrogen and oxygen atoms in total. The Morgan fingerprint density at radius 3 is 2.86 bits per heavy atom. The Bertz CT molecular complexity index is 657. The number of ether oxygens (including phenoxy) is 1. The van der Waals surface area contributed by atoms with E-state index in [9.17, 15) is 4.79 Å². The summed E-state index contributed by atoms with van der Waals surface area (Å²) in [5, 5.41) is 4.64. The molecule has 1 aliphatic rings. The smallest absolute Gasteiger partial charge is 0.276 e. The highest BCUT2D eigenvalue weighted by molar-refractivity contribution is 6.33. The molecule has 1 aromatic carbocycles. The molecule has 0 spiro atoms. The van der Waals surface area contributed by atoms with E-state index in [0.29, 0.717) is 30.4 Å². The number of halogens is 1. The summed E-state index contributed by atoms with van der Waals surface area (Å²) in [6.45, 7) is 3.86. The minimum absolute atomic E-state index is 0.0124. The molecule has 2 aromatic rings. The molecule has 0 N–H and O–H groups in total. The highest BCUT2D eigenvalue weighted by Gasteiger charge is 2.30. The molecule has 3 rings (SSSR count). The molecular formula is C16H18ClN3O2. The van der Waals surface area contributed by atoms with E-state index in [1.54, 1.807) is 15.8 Å². The molecule has 1 aromatic heterocycles. The Labute approximate surface area is 134 Å². The summed E-state index contributed by atoms with van der Waals surface area (Å²) in [6.07, 6.45) is 2.51. The van der Waals surface area contributed by atoms with Crippen molar-refractivity contribution in [3.8, 4) is 5.75 Å². The number of benzene rings is 1. The van der Waals surface area contributed by atoms with Gasteiger partial charge in [-0.15, -0.1) is 0 Å². The molecule has 116 valence electrons. The quantitative estimate of drug-likeness (QED) is 0.870. The lowest BCUT2D eigenvalue weighted by Gasteiger charge is -2.16. The lowest BCUT2D eigenvalue weighted by Crippen LogP contribution is -2.31. The van der Waals surface area contributed by atoms with Crippen LogP contribution in [0.25, 0.3) is 0 Å². The van der Waals surface area contributed by atoms with Gasteiger partial charge in [0, 0.05) is 25.7 Å². The summed E-state index contributed by atoms with van der Waals surface area (Å²) >= 11 is 6.10. The number of aryl methyl sites for hydroxylation is 1. The van der Waals surface area contributed by atoms with Crippen LogP contribution >= 0.6 is 11.6 Å². The third kappa shape index (κ3) is 3.09. The van der Waals surface area contributed by atoms with Gasteiger partial charge in [0.15, 0.2) is 5.69 Å². The largest absolute Gasteiger partial charge is 0.489 e. The summed E-state index contributed by atoms with van der Waals surface area (Å²) in [7, 11) is 0. The molecule has 0 radical (unpaired) electrons. The van der Waals surface area contributed by atoms with Crippen LogP contribution in [0.3, 0.4) is 0 Å². The number of amides is 1. The Morgan fingerprint density at radius 1 is 1.41 bits per heavy atom. The summed E-state index contributed by atoms with van der Waals surface area (Å²) < 4.78 is 7.57. The molecule has 0 unspecified atom stereocenters. The molecule has 1 aliphatic heterocycles. The Balaban J connectivity index is 1.64. The number of para-hydroxylation sites is 1. The Kier molecular flexibility index (Phi) is 4.34. The first kappa shape index (κ1) is 14.9. The molecular weight excluding hydrogens is 302 g/mol. The second-order valence-corrected chi connectivity index (χ2v) is 5.68. The molecule has 1 amide bonds. The topological polar surface area (TPSA) is 47.4 Å². The van der Waals surface area contributed by atoms with Gasteiger partial charge < -0.3 is 9.64 Å². The van der Waals surface area contributed by atoms with E-state index in [1.807, 2.05) is 37.3 Å². The first-order valence-electron chi connectivity index (χ1n) is 7.41. The maximum atomic E-state index is 12.5. The zero-order chi connectivity index (χ0) is 15.5. The van der Waals surface area contributed by atoms with Crippen molar-refractivity contribution in [1.82, 2.24) is 14.7 Å². The summed E-state index contributed by atoms with van der Waals surface area (Å²) in [5.74, 6) is 0.700. The fourth-order valence-corrected chi connectivity index (χ4v) is 2.79. The second kappa shape index (κ2) is 6.40. The summed E-state index contributed by atoms with van der Waals surface area (Å²) in [4.78, 5) is 14.3. The van der Waals surface area contributed by atoms with E-state index in [1.165, 1.54) is 0 Å². The van der Waals surface area contributed by atoms with Crippen molar-refractivity contribution in [3.63, 3.8) is 0 Å². The molecule has 0 saturated carbocycles. The lowest BCUT2D eigenvalue weighted by molar-refractivity contribution is 0.0766. The zero-order valence-corrected chi connectivity index (χ0v) is 13.2. The van der Waals surface area contributed by atoms with E-state index in [-0.39, 0.29) is 12.0 Å². The maximum absolute atomic E-state index is 12.5. The van der Waals surface area contributed by atoms with Gasteiger partial charge in [-0.1, -0.05) is 29.8 Å². The average Bonchev–Trinajstić information content (AvgIpc) is 3.14. The van der Waals surface area contributed by atoms with Crippen LogP contribution in [0.4, 0.5) is 0 Å². The van der Waals surface area contributed by atoms with Gasteiger partial charge in [0.25, 0.3) is 5.91 Å². The number of carbonyl (C=O) groups excluding carboxylic acids is 1. The second-order valence-electron chi connectivity index (χ2n) is 5.27. The standard InChI is InChI=1S/C16H18ClN3O2/c1-2-20-11-14(17)15(18-20)16(21)19-9-8-13(10-19)22-12-6-4-3-5-7-12/h3-7,11,13H,2,8-10H2,1H3/t13-/m0/s1. The number of hydrogen-bond acceptors (Lipinski definition) is 3.